The number of carboxylic acids is 1. The van der Waals surface area contributed by atoms with Gasteiger partial charge in [-0.3, -0.25) is 4.79 Å². The summed E-state index contributed by atoms with van der Waals surface area (Å²) in [4.78, 5) is 11.2. The summed E-state index contributed by atoms with van der Waals surface area (Å²) in [7, 11) is 0. The summed E-state index contributed by atoms with van der Waals surface area (Å²) in [5.74, 6) is -0.585. The summed E-state index contributed by atoms with van der Waals surface area (Å²) in [6.07, 6.45) is 0. The fourth-order valence-corrected chi connectivity index (χ4v) is 1.94. The first-order valence-electron chi connectivity index (χ1n) is 5.33. The highest BCUT2D eigenvalue weighted by Gasteiger charge is 2.21. The number of hydrogen-bond acceptors (Lipinski definition) is 2. The molecule has 17 heavy (non-hydrogen) atoms. The molecule has 0 aliphatic rings. The molecule has 0 aromatic heterocycles. The molecule has 1 aromatic carbocycles. The lowest BCUT2D eigenvalue weighted by atomic mass is 10.1. The number of halogens is 2. The Morgan fingerprint density at radius 1 is 1.41 bits per heavy atom. The zero-order valence-corrected chi connectivity index (χ0v) is 11.2. The van der Waals surface area contributed by atoms with Gasteiger partial charge in [-0.2, -0.15) is 0 Å². The van der Waals surface area contributed by atoms with Gasteiger partial charge in [0.1, 0.15) is 6.04 Å². The molecule has 0 heterocycles. The van der Waals surface area contributed by atoms with Crippen LogP contribution in [0.15, 0.2) is 18.2 Å². The SMILES string of the molecule is CC(C)CNC(C(=O)O)c1ccc(Cl)cc1Cl. The van der Waals surface area contributed by atoms with Gasteiger partial charge in [0.15, 0.2) is 0 Å². The fraction of sp³-hybridized carbons (Fsp3) is 0.417. The molecule has 0 fully saturated rings. The summed E-state index contributed by atoms with van der Waals surface area (Å²) < 4.78 is 0. The highest BCUT2D eigenvalue weighted by Crippen LogP contribution is 2.26. The summed E-state index contributed by atoms with van der Waals surface area (Å²) in [5.41, 5.74) is 0.532. The van der Waals surface area contributed by atoms with Gasteiger partial charge >= 0.3 is 5.97 Å². The first kappa shape index (κ1) is 14.3. The molecule has 0 saturated heterocycles. The minimum absolute atomic E-state index is 0.362. The molecule has 0 aliphatic carbocycles. The molecule has 1 unspecified atom stereocenters. The molecule has 1 rings (SSSR count). The van der Waals surface area contributed by atoms with Gasteiger partial charge in [0.2, 0.25) is 0 Å². The monoisotopic (exact) mass is 275 g/mol. The third-order valence-corrected chi connectivity index (χ3v) is 2.81. The van der Waals surface area contributed by atoms with Gasteiger partial charge in [-0.05, 0) is 30.2 Å². The quantitative estimate of drug-likeness (QED) is 0.866. The Bertz CT molecular complexity index is 407. The maximum atomic E-state index is 11.2. The second-order valence-corrected chi connectivity index (χ2v) is 5.08. The summed E-state index contributed by atoms with van der Waals surface area (Å²) in [6.45, 7) is 4.63. The highest BCUT2D eigenvalue weighted by atomic mass is 35.5. The van der Waals surface area contributed by atoms with Gasteiger partial charge in [-0.25, -0.2) is 0 Å². The third-order valence-electron chi connectivity index (χ3n) is 2.25. The molecule has 94 valence electrons. The van der Waals surface area contributed by atoms with Crippen LogP contribution in [0.25, 0.3) is 0 Å². The zero-order chi connectivity index (χ0) is 13.0. The number of rotatable bonds is 5. The van der Waals surface area contributed by atoms with Crippen LogP contribution in [0.5, 0.6) is 0 Å². The van der Waals surface area contributed by atoms with Crippen LogP contribution in [0.1, 0.15) is 25.5 Å². The zero-order valence-electron chi connectivity index (χ0n) is 9.71. The van der Waals surface area contributed by atoms with Crippen LogP contribution < -0.4 is 5.32 Å². The molecular weight excluding hydrogens is 261 g/mol. The molecule has 1 atom stereocenters. The molecule has 0 radical (unpaired) electrons. The van der Waals surface area contributed by atoms with E-state index < -0.39 is 12.0 Å². The van der Waals surface area contributed by atoms with Crippen LogP contribution in [0.4, 0.5) is 0 Å². The van der Waals surface area contributed by atoms with Gasteiger partial charge in [-0.1, -0.05) is 43.1 Å². The predicted molar refractivity (Wildman–Crippen MR) is 69.7 cm³/mol. The topological polar surface area (TPSA) is 49.3 Å². The number of nitrogens with one attached hydrogen (secondary N) is 1. The lowest BCUT2D eigenvalue weighted by molar-refractivity contribution is -0.139. The Labute approximate surface area is 111 Å². The fourth-order valence-electron chi connectivity index (χ4n) is 1.42. The number of carboxylic acid groups (broad SMARTS) is 1. The maximum absolute atomic E-state index is 11.2. The van der Waals surface area contributed by atoms with Gasteiger partial charge in [0.05, 0.1) is 0 Å². The maximum Gasteiger partial charge on any atom is 0.325 e. The first-order valence-corrected chi connectivity index (χ1v) is 6.08. The van der Waals surface area contributed by atoms with Crippen LogP contribution >= 0.6 is 23.2 Å². The van der Waals surface area contributed by atoms with E-state index in [9.17, 15) is 9.90 Å². The molecule has 0 bridgehead atoms. The van der Waals surface area contributed by atoms with Crippen LogP contribution in [-0.4, -0.2) is 17.6 Å². The van der Waals surface area contributed by atoms with E-state index in [2.05, 4.69) is 5.32 Å². The number of hydrogen-bond donors (Lipinski definition) is 2. The van der Waals surface area contributed by atoms with Crippen molar-refractivity contribution in [2.75, 3.05) is 6.54 Å². The van der Waals surface area contributed by atoms with Crippen molar-refractivity contribution < 1.29 is 9.90 Å². The van der Waals surface area contributed by atoms with Crippen molar-refractivity contribution in [1.29, 1.82) is 0 Å². The van der Waals surface area contributed by atoms with E-state index in [-0.39, 0.29) is 0 Å². The minimum atomic E-state index is -0.949. The highest BCUT2D eigenvalue weighted by molar-refractivity contribution is 6.35. The average molecular weight is 276 g/mol. The van der Waals surface area contributed by atoms with Crippen LogP contribution in [0, 0.1) is 5.92 Å². The lowest BCUT2D eigenvalue weighted by Crippen LogP contribution is -2.31. The molecule has 0 saturated carbocycles. The molecule has 3 nitrogen and oxygen atoms in total. The van der Waals surface area contributed by atoms with E-state index in [0.717, 1.165) is 0 Å². The number of benzene rings is 1. The summed E-state index contributed by atoms with van der Waals surface area (Å²) in [6, 6.07) is 4.01. The minimum Gasteiger partial charge on any atom is -0.480 e. The largest absolute Gasteiger partial charge is 0.480 e. The Kier molecular flexibility index (Phi) is 5.25. The van der Waals surface area contributed by atoms with Gasteiger partial charge in [0, 0.05) is 10.0 Å². The van der Waals surface area contributed by atoms with Crippen molar-refractivity contribution >= 4 is 29.2 Å². The molecule has 1 aromatic rings. The van der Waals surface area contributed by atoms with Crippen molar-refractivity contribution in [2.45, 2.75) is 19.9 Å². The Morgan fingerprint density at radius 2 is 2.06 bits per heavy atom. The first-order chi connectivity index (χ1) is 7.91. The van der Waals surface area contributed by atoms with Crippen molar-refractivity contribution in [2.24, 2.45) is 5.92 Å². The van der Waals surface area contributed by atoms with Crippen molar-refractivity contribution in [1.82, 2.24) is 5.32 Å². The average Bonchev–Trinajstić information content (AvgIpc) is 2.20. The van der Waals surface area contributed by atoms with E-state index in [1.54, 1.807) is 18.2 Å². The van der Waals surface area contributed by atoms with E-state index in [0.29, 0.717) is 28.1 Å². The van der Waals surface area contributed by atoms with Crippen LogP contribution in [0.2, 0.25) is 10.0 Å². The van der Waals surface area contributed by atoms with E-state index in [1.807, 2.05) is 13.8 Å². The lowest BCUT2D eigenvalue weighted by Gasteiger charge is -2.17. The molecule has 0 aliphatic heterocycles. The molecule has 0 amide bonds. The van der Waals surface area contributed by atoms with Crippen molar-refractivity contribution in [3.05, 3.63) is 33.8 Å². The number of carbonyl (C=O) groups is 1. The van der Waals surface area contributed by atoms with Crippen LogP contribution in [-0.2, 0) is 4.79 Å². The van der Waals surface area contributed by atoms with Crippen LogP contribution in [0.3, 0.4) is 0 Å². The molecular formula is C12H15Cl2NO2. The standard InChI is InChI=1S/C12H15Cl2NO2/c1-7(2)6-15-11(12(16)17)9-4-3-8(13)5-10(9)14/h3-5,7,11,15H,6H2,1-2H3,(H,16,17). The second-order valence-electron chi connectivity index (χ2n) is 4.24. The van der Waals surface area contributed by atoms with Gasteiger partial charge < -0.3 is 10.4 Å². The second kappa shape index (κ2) is 6.24. The number of aliphatic carboxylic acids is 1. The van der Waals surface area contributed by atoms with Crippen molar-refractivity contribution in [3.63, 3.8) is 0 Å². The Balaban J connectivity index is 2.93. The van der Waals surface area contributed by atoms with Gasteiger partial charge in [-0.15, -0.1) is 0 Å². The molecule has 2 N–H and O–H groups in total. The normalized spacial score (nSPS) is 12.8. The summed E-state index contributed by atoms with van der Waals surface area (Å²) in [5, 5.41) is 13.0. The Morgan fingerprint density at radius 3 is 2.53 bits per heavy atom. The van der Waals surface area contributed by atoms with E-state index >= 15 is 0 Å². The third kappa shape index (κ3) is 4.19. The molecule has 5 heteroatoms. The Hall–Kier alpha value is -0.770. The van der Waals surface area contributed by atoms with Gasteiger partial charge in [0.25, 0.3) is 0 Å². The molecule has 0 spiro atoms. The summed E-state index contributed by atoms with van der Waals surface area (Å²) >= 11 is 11.8. The van der Waals surface area contributed by atoms with Crippen molar-refractivity contribution in [3.8, 4) is 0 Å². The smallest absolute Gasteiger partial charge is 0.325 e. The predicted octanol–water partition coefficient (Wildman–Crippen LogP) is 3.36. The van der Waals surface area contributed by atoms with E-state index in [4.69, 9.17) is 23.2 Å². The van der Waals surface area contributed by atoms with E-state index in [1.165, 1.54) is 0 Å².